The zero-order chi connectivity index (χ0) is 34.4. The van der Waals surface area contributed by atoms with E-state index in [4.69, 9.17) is 33.2 Å². The first-order valence-corrected chi connectivity index (χ1v) is 16.6. The predicted molar refractivity (Wildman–Crippen MR) is 171 cm³/mol. The van der Waals surface area contributed by atoms with E-state index >= 15 is 0 Å². The normalized spacial score (nSPS) is 26.6. The van der Waals surface area contributed by atoms with Gasteiger partial charge in [0.25, 0.3) is 0 Å². The molecule has 2 aliphatic heterocycles. The number of methoxy groups -OCH3 is 1. The fourth-order valence-corrected chi connectivity index (χ4v) is 7.14. The van der Waals surface area contributed by atoms with Crippen LogP contribution >= 0.6 is 0 Å². The third-order valence-corrected chi connectivity index (χ3v) is 9.07. The molecule has 0 amide bonds. The molecular weight excluding hydrogens is 622 g/mol. The molecule has 5 rings (SSSR count). The van der Waals surface area contributed by atoms with Crippen LogP contribution in [0.4, 0.5) is 0 Å². The molecule has 0 unspecified atom stereocenters. The molecule has 2 saturated heterocycles. The predicted octanol–water partition coefficient (Wildman–Crippen LogP) is 3.93. The van der Waals surface area contributed by atoms with E-state index in [2.05, 4.69) is 11.8 Å². The highest BCUT2D eigenvalue weighted by Crippen LogP contribution is 2.44. The molecule has 0 aromatic heterocycles. The van der Waals surface area contributed by atoms with E-state index in [-0.39, 0.29) is 6.61 Å². The van der Waals surface area contributed by atoms with Crippen LogP contribution in [0.15, 0.2) is 42.5 Å². The first-order valence-electron chi connectivity index (χ1n) is 16.6. The SMILES string of the molecule is CCCN1CCC[C@@H]2Cc3c(ccc(OC)c3O[C@@H]3O[C@H](C(=O)OCc4ccccc4)[C@@H](OC(C)=O)[C@H](OC(C)=O)[C@H]3OC(C)=O)C[C@H]21. The molecule has 2 aromatic carbocycles. The Hall–Kier alpha value is -4.16. The summed E-state index contributed by atoms with van der Waals surface area (Å²) < 4.78 is 40.9. The molecule has 0 bridgehead atoms. The van der Waals surface area contributed by atoms with Crippen LogP contribution in [0.25, 0.3) is 0 Å². The molecule has 2 heterocycles. The van der Waals surface area contributed by atoms with Crippen molar-refractivity contribution in [2.45, 2.75) is 103 Å². The Balaban J connectivity index is 1.52. The van der Waals surface area contributed by atoms with Crippen LogP contribution in [0.1, 0.15) is 63.6 Å². The molecule has 0 radical (unpaired) electrons. The van der Waals surface area contributed by atoms with Crippen LogP contribution in [-0.4, -0.2) is 85.7 Å². The standard InChI is InChI=1S/C36H45NO11/c1-6-16-37-17-10-13-26-18-27-25(19-28(26)37)14-15-29(42-5)30(27)47-36-34(46-23(4)40)32(45-22(3)39)31(44-21(2)38)33(48-36)35(41)43-20-24-11-8-7-9-12-24/h7-9,11-12,14-15,26,28,31-34,36H,6,10,13,16-20H2,1-5H3/t26-,28-,31+,32+,33+,34-,36-/m1/s1. The Labute approximate surface area is 280 Å². The molecule has 7 atom stereocenters. The van der Waals surface area contributed by atoms with Crippen molar-refractivity contribution < 1.29 is 52.3 Å². The number of carbonyl (C=O) groups excluding carboxylic acids is 4. The van der Waals surface area contributed by atoms with Crippen molar-refractivity contribution in [1.82, 2.24) is 4.90 Å². The third kappa shape index (κ3) is 8.10. The second-order valence-corrected chi connectivity index (χ2v) is 12.5. The van der Waals surface area contributed by atoms with Gasteiger partial charge in [-0.1, -0.05) is 43.3 Å². The lowest BCUT2D eigenvalue weighted by Crippen LogP contribution is -2.64. The summed E-state index contributed by atoms with van der Waals surface area (Å²) in [5.41, 5.74) is 2.75. The zero-order valence-corrected chi connectivity index (χ0v) is 28.2. The van der Waals surface area contributed by atoms with E-state index in [1.807, 2.05) is 18.2 Å². The van der Waals surface area contributed by atoms with Crippen molar-refractivity contribution in [2.24, 2.45) is 5.92 Å². The molecule has 48 heavy (non-hydrogen) atoms. The largest absolute Gasteiger partial charge is 0.493 e. The van der Waals surface area contributed by atoms with E-state index in [0.29, 0.717) is 29.0 Å². The number of fused-ring (bicyclic) bond motifs is 2. The Morgan fingerprint density at radius 1 is 0.875 bits per heavy atom. The fraction of sp³-hybridized carbons (Fsp3) is 0.556. The van der Waals surface area contributed by atoms with Gasteiger partial charge in [0.15, 0.2) is 29.8 Å². The number of nitrogens with zero attached hydrogens (tertiary/aromatic N) is 1. The van der Waals surface area contributed by atoms with Gasteiger partial charge in [-0.05, 0) is 68.3 Å². The quantitative estimate of drug-likeness (QED) is 0.254. The van der Waals surface area contributed by atoms with Crippen LogP contribution in [0.2, 0.25) is 0 Å². The van der Waals surface area contributed by atoms with Crippen molar-refractivity contribution in [3.63, 3.8) is 0 Å². The summed E-state index contributed by atoms with van der Waals surface area (Å²) in [6, 6.07) is 13.3. The molecule has 2 fully saturated rings. The van der Waals surface area contributed by atoms with Crippen molar-refractivity contribution in [3.8, 4) is 11.5 Å². The molecule has 0 saturated carbocycles. The van der Waals surface area contributed by atoms with Crippen LogP contribution in [0, 0.1) is 5.92 Å². The Bertz CT molecular complexity index is 1460. The summed E-state index contributed by atoms with van der Waals surface area (Å²) in [6.45, 7) is 7.69. The summed E-state index contributed by atoms with van der Waals surface area (Å²) in [6.07, 6.45) is -2.69. The smallest absolute Gasteiger partial charge is 0.339 e. The van der Waals surface area contributed by atoms with Gasteiger partial charge in [0.2, 0.25) is 12.4 Å². The van der Waals surface area contributed by atoms with Gasteiger partial charge in [-0.15, -0.1) is 0 Å². The molecule has 0 spiro atoms. The number of esters is 4. The second-order valence-electron chi connectivity index (χ2n) is 12.5. The summed E-state index contributed by atoms with van der Waals surface area (Å²) in [5, 5.41) is 0. The van der Waals surface area contributed by atoms with Gasteiger partial charge in [0.05, 0.1) is 7.11 Å². The van der Waals surface area contributed by atoms with Crippen molar-refractivity contribution >= 4 is 23.9 Å². The van der Waals surface area contributed by atoms with E-state index in [1.54, 1.807) is 24.3 Å². The molecular formula is C36H45NO11. The van der Waals surface area contributed by atoms with E-state index in [1.165, 1.54) is 14.0 Å². The van der Waals surface area contributed by atoms with Gasteiger partial charge in [-0.2, -0.15) is 0 Å². The van der Waals surface area contributed by atoms with Crippen LogP contribution in [-0.2, 0) is 62.3 Å². The number of hydrogen-bond donors (Lipinski definition) is 0. The minimum absolute atomic E-state index is 0.0962. The monoisotopic (exact) mass is 667 g/mol. The highest BCUT2D eigenvalue weighted by molar-refractivity contribution is 5.77. The topological polar surface area (TPSA) is 136 Å². The number of piperidine rings is 1. The molecule has 12 heteroatoms. The Kier molecular flexibility index (Phi) is 11.6. The average molecular weight is 668 g/mol. The Morgan fingerprint density at radius 2 is 1.56 bits per heavy atom. The number of ether oxygens (including phenoxy) is 7. The maximum absolute atomic E-state index is 13.6. The first kappa shape index (κ1) is 35.2. The summed E-state index contributed by atoms with van der Waals surface area (Å²) in [5.74, 6) is -1.96. The van der Waals surface area contributed by atoms with Crippen LogP contribution < -0.4 is 9.47 Å². The molecule has 12 nitrogen and oxygen atoms in total. The third-order valence-electron chi connectivity index (χ3n) is 9.07. The molecule has 260 valence electrons. The molecule has 3 aliphatic rings. The van der Waals surface area contributed by atoms with E-state index in [0.717, 1.165) is 70.2 Å². The van der Waals surface area contributed by atoms with Crippen molar-refractivity contribution in [2.75, 3.05) is 20.2 Å². The molecule has 0 N–H and O–H groups in total. The number of likely N-dealkylation sites (tertiary alicyclic amines) is 1. The zero-order valence-electron chi connectivity index (χ0n) is 28.2. The van der Waals surface area contributed by atoms with Crippen LogP contribution in [0.3, 0.4) is 0 Å². The van der Waals surface area contributed by atoms with Gasteiger partial charge in [0.1, 0.15) is 6.61 Å². The van der Waals surface area contributed by atoms with Gasteiger partial charge in [-0.3, -0.25) is 19.3 Å². The van der Waals surface area contributed by atoms with Crippen molar-refractivity contribution in [3.05, 3.63) is 59.2 Å². The maximum atomic E-state index is 13.6. The molecule has 2 aromatic rings. The van der Waals surface area contributed by atoms with Crippen LogP contribution in [0.5, 0.6) is 11.5 Å². The molecule has 1 aliphatic carbocycles. The first-order chi connectivity index (χ1) is 23.1. The highest BCUT2D eigenvalue weighted by Gasteiger charge is 2.56. The van der Waals surface area contributed by atoms with E-state index < -0.39 is 54.6 Å². The highest BCUT2D eigenvalue weighted by atomic mass is 16.7. The number of hydrogen-bond acceptors (Lipinski definition) is 12. The fourth-order valence-electron chi connectivity index (χ4n) is 7.14. The summed E-state index contributed by atoms with van der Waals surface area (Å²) in [4.78, 5) is 53.4. The number of rotatable bonds is 11. The lowest BCUT2D eigenvalue weighted by molar-refractivity contribution is -0.283. The van der Waals surface area contributed by atoms with Gasteiger partial charge < -0.3 is 33.2 Å². The number of carbonyl (C=O) groups is 4. The second kappa shape index (κ2) is 15.8. The number of benzene rings is 2. The summed E-state index contributed by atoms with van der Waals surface area (Å²) in [7, 11) is 1.53. The van der Waals surface area contributed by atoms with Gasteiger partial charge in [0, 0.05) is 32.4 Å². The summed E-state index contributed by atoms with van der Waals surface area (Å²) >= 11 is 0. The van der Waals surface area contributed by atoms with Gasteiger partial charge >= 0.3 is 23.9 Å². The van der Waals surface area contributed by atoms with Gasteiger partial charge in [-0.25, -0.2) is 4.79 Å². The lowest BCUT2D eigenvalue weighted by Gasteiger charge is -2.46. The minimum Gasteiger partial charge on any atom is -0.493 e. The average Bonchev–Trinajstić information content (AvgIpc) is 3.05. The van der Waals surface area contributed by atoms with Crippen molar-refractivity contribution in [1.29, 1.82) is 0 Å². The maximum Gasteiger partial charge on any atom is 0.339 e. The van der Waals surface area contributed by atoms with E-state index in [9.17, 15) is 19.2 Å². The minimum atomic E-state index is -1.60. The Morgan fingerprint density at radius 3 is 2.23 bits per heavy atom. The lowest BCUT2D eigenvalue weighted by atomic mass is 9.75.